The Morgan fingerprint density at radius 3 is 1.18 bits per heavy atom. The van der Waals surface area contributed by atoms with Crippen LogP contribution in [-0.4, -0.2) is 46.5 Å². The maximum atomic E-state index is 12.6. The number of allylic oxidation sites excluding steroid dienone is 2. The topological polar surface area (TPSA) is 74.8 Å². The number of hydrogen-bond acceptors (Lipinski definition) is 4. The van der Waals surface area contributed by atoms with Crippen molar-refractivity contribution in [2.24, 2.45) is 35.5 Å². The monoisotopic (exact) mass is 302 g/mol. The van der Waals surface area contributed by atoms with Crippen molar-refractivity contribution in [2.45, 2.75) is 13.8 Å². The molecule has 4 unspecified atom stereocenters. The van der Waals surface area contributed by atoms with E-state index in [1.807, 2.05) is 12.2 Å². The maximum Gasteiger partial charge on any atom is 0.233 e. The maximum absolute atomic E-state index is 12.6. The van der Waals surface area contributed by atoms with E-state index in [0.29, 0.717) is 13.1 Å². The summed E-state index contributed by atoms with van der Waals surface area (Å²) in [6, 6.07) is 0. The van der Waals surface area contributed by atoms with Gasteiger partial charge in [0.1, 0.15) is 0 Å². The molecule has 2 heterocycles. The third-order valence-corrected chi connectivity index (χ3v) is 5.83. The first kappa shape index (κ1) is 13.7. The van der Waals surface area contributed by atoms with Crippen molar-refractivity contribution in [3.8, 4) is 0 Å². The molecule has 6 nitrogen and oxygen atoms in total. The number of likely N-dealkylation sites (tertiary alicyclic amines) is 2. The van der Waals surface area contributed by atoms with Gasteiger partial charge in [0.15, 0.2) is 0 Å². The summed E-state index contributed by atoms with van der Waals surface area (Å²) in [6.07, 6.45) is 3.78. The lowest BCUT2D eigenvalue weighted by atomic mass is 9.54. The van der Waals surface area contributed by atoms with E-state index in [2.05, 4.69) is 0 Å². The molecule has 2 aliphatic heterocycles. The van der Waals surface area contributed by atoms with E-state index in [1.54, 1.807) is 13.8 Å². The van der Waals surface area contributed by atoms with E-state index < -0.39 is 23.7 Å². The minimum absolute atomic E-state index is 0.175. The van der Waals surface area contributed by atoms with Gasteiger partial charge < -0.3 is 0 Å². The molecule has 3 aliphatic carbocycles. The number of carbonyl (C=O) groups is 4. The van der Waals surface area contributed by atoms with Gasteiger partial charge in [-0.3, -0.25) is 29.0 Å². The van der Waals surface area contributed by atoms with Crippen LogP contribution in [0.4, 0.5) is 0 Å². The predicted octanol–water partition coefficient (Wildman–Crippen LogP) is 0.0444. The van der Waals surface area contributed by atoms with Gasteiger partial charge >= 0.3 is 0 Å². The molecule has 22 heavy (non-hydrogen) atoms. The number of amides is 4. The van der Waals surface area contributed by atoms with Crippen LogP contribution in [0.15, 0.2) is 12.2 Å². The van der Waals surface area contributed by atoms with Crippen molar-refractivity contribution in [1.82, 2.24) is 9.80 Å². The second kappa shape index (κ2) is 4.27. The van der Waals surface area contributed by atoms with E-state index in [1.165, 1.54) is 9.80 Å². The van der Waals surface area contributed by atoms with E-state index in [0.717, 1.165) is 0 Å². The summed E-state index contributed by atoms with van der Waals surface area (Å²) in [5.41, 5.74) is 0. The van der Waals surface area contributed by atoms with E-state index >= 15 is 0 Å². The van der Waals surface area contributed by atoms with Crippen LogP contribution in [0.5, 0.6) is 0 Å². The molecule has 0 aromatic rings. The predicted molar refractivity (Wildman–Crippen MR) is 74.9 cm³/mol. The smallest absolute Gasteiger partial charge is 0.233 e. The highest BCUT2D eigenvalue weighted by Crippen LogP contribution is 2.57. The fourth-order valence-corrected chi connectivity index (χ4v) is 4.97. The first-order valence-corrected chi connectivity index (χ1v) is 7.91. The largest absolute Gasteiger partial charge is 0.282 e. The molecular formula is C16H18N2O4. The zero-order valence-corrected chi connectivity index (χ0v) is 12.6. The van der Waals surface area contributed by atoms with Gasteiger partial charge in [0.2, 0.25) is 23.6 Å². The molecule has 6 heteroatoms. The Morgan fingerprint density at radius 1 is 0.682 bits per heavy atom. The normalized spacial score (nSPS) is 42.5. The quantitative estimate of drug-likeness (QED) is 0.533. The number of hydrogen-bond donors (Lipinski definition) is 0. The van der Waals surface area contributed by atoms with Gasteiger partial charge in [-0.15, -0.1) is 0 Å². The van der Waals surface area contributed by atoms with Crippen LogP contribution in [0.1, 0.15) is 13.8 Å². The molecule has 3 fully saturated rings. The average Bonchev–Trinajstić information content (AvgIpc) is 2.94. The number of carbonyl (C=O) groups excluding carboxylic acids is 4. The van der Waals surface area contributed by atoms with Crippen LogP contribution in [-0.2, 0) is 19.2 Å². The van der Waals surface area contributed by atoms with E-state index in [-0.39, 0.29) is 35.5 Å². The Kier molecular flexibility index (Phi) is 2.65. The third kappa shape index (κ3) is 1.31. The summed E-state index contributed by atoms with van der Waals surface area (Å²) in [5.74, 6) is -3.18. The van der Waals surface area contributed by atoms with Crippen molar-refractivity contribution in [3.63, 3.8) is 0 Å². The van der Waals surface area contributed by atoms with Crippen molar-refractivity contribution in [3.05, 3.63) is 12.2 Å². The summed E-state index contributed by atoms with van der Waals surface area (Å²) in [4.78, 5) is 52.8. The first-order chi connectivity index (χ1) is 10.5. The van der Waals surface area contributed by atoms with E-state index in [9.17, 15) is 19.2 Å². The molecule has 0 aromatic heterocycles. The summed E-state index contributed by atoms with van der Waals surface area (Å²) in [7, 11) is 0. The molecular weight excluding hydrogens is 284 g/mol. The van der Waals surface area contributed by atoms with Crippen LogP contribution >= 0.6 is 0 Å². The zero-order chi connectivity index (χ0) is 15.8. The van der Waals surface area contributed by atoms with Gasteiger partial charge in [-0.05, 0) is 13.8 Å². The molecule has 0 spiro atoms. The van der Waals surface area contributed by atoms with Gasteiger partial charge in [-0.1, -0.05) is 12.2 Å². The molecule has 4 amide bonds. The molecule has 5 aliphatic rings. The standard InChI is InChI=1S/C16H18N2O4/c1-3-17-13(19)9-7-5-6-8(10(9)14(17)20)12-11(7)15(21)18(4-2)16(12)22/h5-12H,3-4H2,1-2H3. The summed E-state index contributed by atoms with van der Waals surface area (Å²) in [6.45, 7) is 4.25. The van der Waals surface area contributed by atoms with Crippen molar-refractivity contribution in [1.29, 1.82) is 0 Å². The van der Waals surface area contributed by atoms with Gasteiger partial charge in [-0.25, -0.2) is 0 Å². The first-order valence-electron chi connectivity index (χ1n) is 7.91. The lowest BCUT2D eigenvalue weighted by Crippen LogP contribution is -2.50. The minimum atomic E-state index is -0.461. The Bertz CT molecular complexity index is 542. The Hall–Kier alpha value is -1.98. The highest BCUT2D eigenvalue weighted by atomic mass is 16.2. The average molecular weight is 302 g/mol. The lowest BCUT2D eigenvalue weighted by Gasteiger charge is -2.44. The third-order valence-electron chi connectivity index (χ3n) is 5.83. The fourth-order valence-electron chi connectivity index (χ4n) is 4.97. The van der Waals surface area contributed by atoms with Crippen LogP contribution in [0.25, 0.3) is 0 Å². The molecule has 1 saturated carbocycles. The highest BCUT2D eigenvalue weighted by Gasteiger charge is 2.68. The Labute approximate surface area is 128 Å². The zero-order valence-electron chi connectivity index (χ0n) is 12.6. The van der Waals surface area contributed by atoms with Crippen LogP contribution in [0, 0.1) is 35.5 Å². The van der Waals surface area contributed by atoms with Crippen LogP contribution in [0.3, 0.4) is 0 Å². The fraction of sp³-hybridized carbons (Fsp3) is 0.625. The summed E-state index contributed by atoms with van der Waals surface area (Å²) in [5, 5.41) is 0. The Balaban J connectivity index is 1.81. The van der Waals surface area contributed by atoms with Crippen molar-refractivity contribution in [2.75, 3.05) is 13.1 Å². The summed E-state index contributed by atoms with van der Waals surface area (Å²) < 4.78 is 0. The number of rotatable bonds is 2. The molecule has 2 saturated heterocycles. The molecule has 0 radical (unpaired) electrons. The van der Waals surface area contributed by atoms with Crippen LogP contribution < -0.4 is 0 Å². The van der Waals surface area contributed by atoms with Gasteiger partial charge in [0.05, 0.1) is 23.7 Å². The summed E-state index contributed by atoms with van der Waals surface area (Å²) >= 11 is 0. The second-order valence-corrected chi connectivity index (χ2v) is 6.48. The molecule has 116 valence electrons. The lowest BCUT2D eigenvalue weighted by molar-refractivity contribution is -0.139. The molecule has 5 rings (SSSR count). The number of imide groups is 2. The van der Waals surface area contributed by atoms with E-state index in [4.69, 9.17) is 0 Å². The number of nitrogens with zero attached hydrogens (tertiary/aromatic N) is 2. The highest BCUT2D eigenvalue weighted by molar-refractivity contribution is 6.10. The van der Waals surface area contributed by atoms with Gasteiger partial charge in [0.25, 0.3) is 0 Å². The van der Waals surface area contributed by atoms with Gasteiger partial charge in [-0.2, -0.15) is 0 Å². The Morgan fingerprint density at radius 2 is 0.955 bits per heavy atom. The molecule has 0 N–H and O–H groups in total. The molecule has 2 bridgehead atoms. The SMILES string of the molecule is CCN1C(=O)C2C3C=CC(C2C1=O)C1C(=O)N(CC)C(=O)C31. The minimum Gasteiger partial charge on any atom is -0.282 e. The van der Waals surface area contributed by atoms with Gasteiger partial charge in [0, 0.05) is 24.9 Å². The molecule has 0 aromatic carbocycles. The van der Waals surface area contributed by atoms with Crippen molar-refractivity contribution < 1.29 is 19.2 Å². The van der Waals surface area contributed by atoms with Crippen molar-refractivity contribution >= 4 is 23.6 Å². The van der Waals surface area contributed by atoms with Crippen LogP contribution in [0.2, 0.25) is 0 Å². The second-order valence-electron chi connectivity index (χ2n) is 6.48. The molecule has 4 atom stereocenters.